The highest BCUT2D eigenvalue weighted by atomic mass is 32.2. The van der Waals surface area contributed by atoms with E-state index in [1.807, 2.05) is 0 Å². The fraction of sp³-hybridized carbons (Fsp3) is 0.750. The van der Waals surface area contributed by atoms with Crippen LogP contribution in [0.5, 0.6) is 0 Å². The summed E-state index contributed by atoms with van der Waals surface area (Å²) in [6, 6.07) is -0.678. The van der Waals surface area contributed by atoms with Crippen molar-refractivity contribution in [3.63, 3.8) is 0 Å². The van der Waals surface area contributed by atoms with Crippen molar-refractivity contribution in [1.29, 1.82) is 0 Å². The highest BCUT2D eigenvalue weighted by molar-refractivity contribution is 7.99. The zero-order chi connectivity index (χ0) is 19.2. The first-order valence-electron chi connectivity index (χ1n) is 8.31. The van der Waals surface area contributed by atoms with Crippen molar-refractivity contribution in [2.75, 3.05) is 25.2 Å². The number of carbonyl (C=O) groups excluding carboxylic acids is 4. The minimum atomic E-state index is -0.678. The molecule has 0 saturated heterocycles. The van der Waals surface area contributed by atoms with Crippen LogP contribution < -0.4 is 10.6 Å². The van der Waals surface area contributed by atoms with Gasteiger partial charge in [-0.05, 0) is 0 Å². The van der Waals surface area contributed by atoms with Gasteiger partial charge in [-0.1, -0.05) is 20.8 Å². The molecule has 0 aromatic rings. The van der Waals surface area contributed by atoms with Gasteiger partial charge in [0, 0.05) is 37.8 Å². The van der Waals surface area contributed by atoms with Crippen molar-refractivity contribution in [3.05, 3.63) is 0 Å². The van der Waals surface area contributed by atoms with Gasteiger partial charge in [0.1, 0.15) is 18.8 Å². The van der Waals surface area contributed by atoms with Crippen molar-refractivity contribution in [2.45, 2.75) is 52.2 Å². The van der Waals surface area contributed by atoms with E-state index in [-0.39, 0.29) is 49.6 Å². The van der Waals surface area contributed by atoms with Crippen LogP contribution in [-0.2, 0) is 28.7 Å². The molecule has 2 N–H and O–H groups in total. The van der Waals surface area contributed by atoms with Gasteiger partial charge in [0.05, 0.1) is 0 Å². The monoisotopic (exact) mass is 376 g/mol. The van der Waals surface area contributed by atoms with Crippen molar-refractivity contribution in [1.82, 2.24) is 10.6 Å². The molecule has 0 unspecified atom stereocenters. The number of hydrogen-bond donors (Lipinski definition) is 2. The van der Waals surface area contributed by atoms with Crippen LogP contribution in [0.2, 0.25) is 0 Å². The van der Waals surface area contributed by atoms with E-state index in [1.165, 1.54) is 18.8 Å². The smallest absolute Gasteiger partial charge is 0.305 e. The van der Waals surface area contributed by atoms with Gasteiger partial charge in [0.15, 0.2) is 0 Å². The average molecular weight is 376 g/mol. The molecule has 144 valence electrons. The lowest BCUT2D eigenvalue weighted by Crippen LogP contribution is -2.47. The van der Waals surface area contributed by atoms with Crippen molar-refractivity contribution in [3.8, 4) is 0 Å². The number of esters is 2. The molecule has 0 aliphatic carbocycles. The SMILES string of the molecule is CCC(=O)N[C@@H](CSC[C@H](COC(=O)CC)OC(=O)CC)C(=O)NC. The summed E-state index contributed by atoms with van der Waals surface area (Å²) in [4.78, 5) is 46.1. The molecule has 0 radical (unpaired) electrons. The van der Waals surface area contributed by atoms with Crippen LogP contribution in [0.4, 0.5) is 0 Å². The number of thioether (sulfide) groups is 1. The number of amides is 2. The van der Waals surface area contributed by atoms with Gasteiger partial charge < -0.3 is 20.1 Å². The third-order valence-corrected chi connectivity index (χ3v) is 4.29. The number of nitrogens with one attached hydrogen (secondary N) is 2. The first-order chi connectivity index (χ1) is 11.9. The molecule has 2 amide bonds. The van der Waals surface area contributed by atoms with Gasteiger partial charge >= 0.3 is 11.9 Å². The number of hydrogen-bond acceptors (Lipinski definition) is 7. The Morgan fingerprint density at radius 2 is 1.60 bits per heavy atom. The van der Waals surface area contributed by atoms with Crippen LogP contribution in [0.3, 0.4) is 0 Å². The second kappa shape index (κ2) is 13.5. The molecule has 0 rings (SSSR count). The normalized spacial score (nSPS) is 12.6. The average Bonchev–Trinajstić information content (AvgIpc) is 2.63. The molecule has 0 aliphatic rings. The molecule has 0 fully saturated rings. The lowest BCUT2D eigenvalue weighted by molar-refractivity contribution is -0.157. The van der Waals surface area contributed by atoms with Gasteiger partial charge in [-0.2, -0.15) is 11.8 Å². The quantitative estimate of drug-likeness (QED) is 0.481. The zero-order valence-electron chi connectivity index (χ0n) is 15.3. The lowest BCUT2D eigenvalue weighted by atomic mass is 10.3. The standard InChI is InChI=1S/C16H28N2O6S/c1-5-13(19)18-12(16(22)17-4)10-25-9-11(24-15(21)7-3)8-23-14(20)6-2/h11-12H,5-10H2,1-4H3,(H,17,22)(H,18,19)/t11-,12-/m0/s1. The highest BCUT2D eigenvalue weighted by Crippen LogP contribution is 2.10. The highest BCUT2D eigenvalue weighted by Gasteiger charge is 2.21. The topological polar surface area (TPSA) is 111 Å². The summed E-state index contributed by atoms with van der Waals surface area (Å²) < 4.78 is 10.3. The lowest BCUT2D eigenvalue weighted by Gasteiger charge is -2.20. The summed E-state index contributed by atoms with van der Waals surface area (Å²) in [7, 11) is 1.49. The number of likely N-dealkylation sites (N-methyl/N-ethyl adjacent to an activating group) is 1. The van der Waals surface area contributed by atoms with E-state index in [0.717, 1.165) is 0 Å². The Morgan fingerprint density at radius 3 is 2.12 bits per heavy atom. The van der Waals surface area contributed by atoms with Crippen LogP contribution in [0, 0.1) is 0 Å². The molecular weight excluding hydrogens is 348 g/mol. The minimum Gasteiger partial charge on any atom is -0.462 e. The van der Waals surface area contributed by atoms with Crippen LogP contribution >= 0.6 is 11.8 Å². The predicted molar refractivity (Wildman–Crippen MR) is 95.0 cm³/mol. The molecular formula is C16H28N2O6S. The van der Waals surface area contributed by atoms with Gasteiger partial charge in [-0.25, -0.2) is 0 Å². The van der Waals surface area contributed by atoms with Crippen molar-refractivity contribution >= 4 is 35.5 Å². The van der Waals surface area contributed by atoms with Crippen molar-refractivity contribution < 1.29 is 28.7 Å². The summed E-state index contributed by atoms with van der Waals surface area (Å²) in [6.07, 6.45) is 0.141. The Bertz CT molecular complexity index is 458. The van der Waals surface area contributed by atoms with E-state index in [0.29, 0.717) is 11.5 Å². The Morgan fingerprint density at radius 1 is 0.960 bits per heavy atom. The summed E-state index contributed by atoms with van der Waals surface area (Å²) in [5.74, 6) is -0.624. The third-order valence-electron chi connectivity index (χ3n) is 3.11. The maximum Gasteiger partial charge on any atom is 0.305 e. The Hall–Kier alpha value is -1.77. The fourth-order valence-corrected chi connectivity index (χ4v) is 2.68. The van der Waals surface area contributed by atoms with E-state index < -0.39 is 12.1 Å². The predicted octanol–water partition coefficient (Wildman–Crippen LogP) is 0.635. The Kier molecular flexibility index (Phi) is 12.6. The van der Waals surface area contributed by atoms with Crippen LogP contribution in [0.1, 0.15) is 40.0 Å². The Labute approximate surface area is 152 Å². The molecule has 8 nitrogen and oxygen atoms in total. The molecule has 0 bridgehead atoms. The van der Waals surface area contributed by atoms with E-state index >= 15 is 0 Å². The molecule has 2 atom stereocenters. The summed E-state index contributed by atoms with van der Waals surface area (Å²) in [6.45, 7) is 5.02. The third kappa shape index (κ3) is 10.6. The molecule has 0 spiro atoms. The van der Waals surface area contributed by atoms with Gasteiger partial charge in [0.2, 0.25) is 11.8 Å². The second-order valence-corrected chi connectivity index (χ2v) is 6.20. The number of rotatable bonds is 12. The fourth-order valence-electron chi connectivity index (χ4n) is 1.64. The molecule has 0 aliphatic heterocycles. The number of ether oxygens (including phenoxy) is 2. The van der Waals surface area contributed by atoms with Crippen molar-refractivity contribution in [2.24, 2.45) is 0 Å². The maximum atomic E-state index is 11.8. The van der Waals surface area contributed by atoms with Crippen LogP contribution in [0.15, 0.2) is 0 Å². The zero-order valence-corrected chi connectivity index (χ0v) is 16.1. The number of carbonyl (C=O) groups is 4. The van der Waals surface area contributed by atoms with E-state index in [4.69, 9.17) is 9.47 Å². The van der Waals surface area contributed by atoms with Gasteiger partial charge in [-0.15, -0.1) is 0 Å². The Balaban J connectivity index is 4.59. The van der Waals surface area contributed by atoms with Crippen LogP contribution in [-0.4, -0.2) is 61.1 Å². The van der Waals surface area contributed by atoms with Gasteiger partial charge in [-0.3, -0.25) is 19.2 Å². The molecule has 0 heterocycles. The second-order valence-electron chi connectivity index (χ2n) is 5.13. The first-order valence-corrected chi connectivity index (χ1v) is 9.47. The van der Waals surface area contributed by atoms with Gasteiger partial charge in [0.25, 0.3) is 0 Å². The minimum absolute atomic E-state index is 0.0304. The molecule has 9 heteroatoms. The maximum absolute atomic E-state index is 11.8. The first kappa shape index (κ1) is 23.2. The molecule has 25 heavy (non-hydrogen) atoms. The summed E-state index contributed by atoms with van der Waals surface area (Å²) in [5.41, 5.74) is 0. The molecule has 0 aromatic carbocycles. The largest absolute Gasteiger partial charge is 0.462 e. The van der Waals surface area contributed by atoms with Crippen LogP contribution in [0.25, 0.3) is 0 Å². The molecule has 0 aromatic heterocycles. The summed E-state index contributed by atoms with van der Waals surface area (Å²) >= 11 is 1.33. The van der Waals surface area contributed by atoms with E-state index in [1.54, 1.807) is 20.8 Å². The summed E-state index contributed by atoms with van der Waals surface area (Å²) in [5, 5.41) is 5.14. The molecule has 0 saturated carbocycles. The van der Waals surface area contributed by atoms with E-state index in [9.17, 15) is 19.2 Å². The van der Waals surface area contributed by atoms with E-state index in [2.05, 4.69) is 10.6 Å².